The van der Waals surface area contributed by atoms with Gasteiger partial charge < -0.3 is 9.64 Å². The van der Waals surface area contributed by atoms with E-state index in [2.05, 4.69) is 38.6 Å². The number of hydrogen-bond acceptors (Lipinski definition) is 6. The van der Waals surface area contributed by atoms with Crippen molar-refractivity contribution in [1.29, 1.82) is 0 Å². The molecular weight excluding hydrogens is 332 g/mol. The van der Waals surface area contributed by atoms with E-state index in [1.807, 2.05) is 25.1 Å². The van der Waals surface area contributed by atoms with Gasteiger partial charge in [0.2, 0.25) is 0 Å². The molecule has 0 amide bonds. The van der Waals surface area contributed by atoms with Crippen LogP contribution in [0.25, 0.3) is 11.4 Å². The predicted octanol–water partition coefficient (Wildman–Crippen LogP) is 3.87. The molecule has 0 aliphatic carbocycles. The number of ether oxygens (including phenoxy) is 1. The minimum absolute atomic E-state index is 0.0760. The number of pyridine rings is 1. The van der Waals surface area contributed by atoms with Crippen LogP contribution in [0.3, 0.4) is 0 Å². The molecule has 128 valence electrons. The molecule has 1 saturated heterocycles. The molecule has 0 unspecified atom stereocenters. The fourth-order valence-corrected chi connectivity index (χ4v) is 3.82. The van der Waals surface area contributed by atoms with Gasteiger partial charge in [0.15, 0.2) is 5.82 Å². The van der Waals surface area contributed by atoms with E-state index in [1.165, 1.54) is 5.56 Å². The Morgan fingerprint density at radius 1 is 1.24 bits per heavy atom. The number of hydrogen-bond donors (Lipinski definition) is 0. The Balaban J connectivity index is 1.65. The first-order chi connectivity index (χ1) is 12.2. The molecule has 4 heterocycles. The summed E-state index contributed by atoms with van der Waals surface area (Å²) in [5.74, 6) is 1.66. The maximum Gasteiger partial charge on any atom is 0.163 e. The van der Waals surface area contributed by atoms with Crippen molar-refractivity contribution in [3.63, 3.8) is 0 Å². The van der Waals surface area contributed by atoms with Crippen LogP contribution in [0.1, 0.15) is 24.3 Å². The van der Waals surface area contributed by atoms with Crippen LogP contribution in [0.15, 0.2) is 47.4 Å². The molecule has 4 rings (SSSR count). The number of rotatable bonds is 3. The number of morpholine rings is 1. The quantitative estimate of drug-likeness (QED) is 0.716. The van der Waals surface area contributed by atoms with E-state index in [-0.39, 0.29) is 12.2 Å². The predicted molar refractivity (Wildman–Crippen MR) is 99.8 cm³/mol. The fraction of sp³-hybridized carbons (Fsp3) is 0.316. The monoisotopic (exact) mass is 352 g/mol. The van der Waals surface area contributed by atoms with Crippen molar-refractivity contribution in [2.24, 2.45) is 0 Å². The zero-order valence-corrected chi connectivity index (χ0v) is 15.1. The summed E-state index contributed by atoms with van der Waals surface area (Å²) in [7, 11) is 0. The second-order valence-corrected chi connectivity index (χ2v) is 7.11. The van der Waals surface area contributed by atoms with Crippen LogP contribution < -0.4 is 4.90 Å². The second-order valence-electron chi connectivity index (χ2n) is 6.33. The van der Waals surface area contributed by atoms with Gasteiger partial charge in [-0.3, -0.25) is 4.98 Å². The summed E-state index contributed by atoms with van der Waals surface area (Å²) in [6.45, 7) is 5.74. The minimum atomic E-state index is 0.0760. The fourth-order valence-electron chi connectivity index (χ4n) is 3.12. The third kappa shape index (κ3) is 3.55. The lowest BCUT2D eigenvalue weighted by Gasteiger charge is -2.37. The Kier molecular flexibility index (Phi) is 4.46. The first-order valence-electron chi connectivity index (χ1n) is 8.37. The van der Waals surface area contributed by atoms with Crippen LogP contribution >= 0.6 is 11.3 Å². The molecule has 25 heavy (non-hydrogen) atoms. The Morgan fingerprint density at radius 2 is 2.16 bits per heavy atom. The first kappa shape index (κ1) is 16.2. The highest BCUT2D eigenvalue weighted by Gasteiger charge is 2.28. The average molecular weight is 352 g/mol. The molecule has 0 spiro atoms. The first-order valence-corrected chi connectivity index (χ1v) is 9.32. The van der Waals surface area contributed by atoms with Crippen LogP contribution in [-0.4, -0.2) is 34.1 Å². The molecular formula is C19H20N4OS. The molecule has 2 atom stereocenters. The molecule has 3 aromatic heterocycles. The molecule has 0 radical (unpaired) electrons. The van der Waals surface area contributed by atoms with Gasteiger partial charge in [-0.2, -0.15) is 11.3 Å². The van der Waals surface area contributed by atoms with Crippen molar-refractivity contribution < 1.29 is 4.74 Å². The molecule has 3 aromatic rings. The second kappa shape index (κ2) is 6.90. The van der Waals surface area contributed by atoms with Gasteiger partial charge in [-0.25, -0.2) is 9.97 Å². The van der Waals surface area contributed by atoms with Crippen molar-refractivity contribution in [2.45, 2.75) is 26.1 Å². The number of aryl methyl sites for hydroxylation is 1. The van der Waals surface area contributed by atoms with Crippen molar-refractivity contribution in [1.82, 2.24) is 15.0 Å². The van der Waals surface area contributed by atoms with E-state index in [0.29, 0.717) is 5.82 Å². The van der Waals surface area contributed by atoms with Gasteiger partial charge in [0.05, 0.1) is 6.10 Å². The Morgan fingerprint density at radius 3 is 2.92 bits per heavy atom. The number of anilines is 1. The number of thiophene rings is 1. The highest BCUT2D eigenvalue weighted by molar-refractivity contribution is 7.07. The van der Waals surface area contributed by atoms with Crippen LogP contribution in [0, 0.1) is 6.92 Å². The minimum Gasteiger partial charge on any atom is -0.367 e. The lowest BCUT2D eigenvalue weighted by molar-refractivity contribution is -0.0174. The van der Waals surface area contributed by atoms with Crippen LogP contribution in [0.5, 0.6) is 0 Å². The van der Waals surface area contributed by atoms with E-state index in [1.54, 1.807) is 23.7 Å². The van der Waals surface area contributed by atoms with Gasteiger partial charge >= 0.3 is 0 Å². The lowest BCUT2D eigenvalue weighted by Crippen LogP contribution is -2.43. The summed E-state index contributed by atoms with van der Waals surface area (Å²) in [6, 6.07) is 8.08. The molecule has 0 N–H and O–H groups in total. The average Bonchev–Trinajstić information content (AvgIpc) is 3.16. The van der Waals surface area contributed by atoms with Gasteiger partial charge in [0.1, 0.15) is 11.9 Å². The summed E-state index contributed by atoms with van der Waals surface area (Å²) >= 11 is 1.70. The maximum absolute atomic E-state index is 6.14. The molecule has 0 saturated carbocycles. The van der Waals surface area contributed by atoms with E-state index in [9.17, 15) is 0 Å². The van der Waals surface area contributed by atoms with Crippen molar-refractivity contribution in [3.8, 4) is 11.4 Å². The number of aromatic nitrogens is 3. The summed E-state index contributed by atoms with van der Waals surface area (Å²) in [6.07, 6.45) is 3.78. The van der Waals surface area contributed by atoms with Crippen LogP contribution in [0.4, 0.5) is 5.82 Å². The maximum atomic E-state index is 6.14. The van der Waals surface area contributed by atoms with Gasteiger partial charge in [-0.05, 0) is 48.4 Å². The summed E-state index contributed by atoms with van der Waals surface area (Å²) in [4.78, 5) is 15.9. The number of nitrogens with zero attached hydrogens (tertiary/aromatic N) is 4. The Hall–Kier alpha value is -2.31. The highest BCUT2D eigenvalue weighted by atomic mass is 32.1. The SMILES string of the molecule is Cc1cc(N2C[C@@H](C)O[C@H](c3ccsc3)C2)nc(-c2cccnc2)n1. The van der Waals surface area contributed by atoms with Gasteiger partial charge in [0.25, 0.3) is 0 Å². The van der Waals surface area contributed by atoms with E-state index in [0.717, 1.165) is 30.2 Å². The normalized spacial score (nSPS) is 20.6. The zero-order valence-electron chi connectivity index (χ0n) is 14.3. The van der Waals surface area contributed by atoms with Crippen LogP contribution in [-0.2, 0) is 4.74 Å². The lowest BCUT2D eigenvalue weighted by atomic mass is 10.1. The smallest absolute Gasteiger partial charge is 0.163 e. The molecule has 1 aliphatic rings. The summed E-state index contributed by atoms with van der Waals surface area (Å²) in [5, 5.41) is 4.25. The Labute approximate surface area is 151 Å². The van der Waals surface area contributed by atoms with E-state index >= 15 is 0 Å². The third-order valence-electron chi connectivity index (χ3n) is 4.26. The molecule has 5 nitrogen and oxygen atoms in total. The standard InChI is InChI=1S/C19H20N4OS/c1-13-8-18(22-19(21-13)15-4-3-6-20-9-15)23-10-14(2)24-17(11-23)16-5-7-25-12-16/h3-9,12,14,17H,10-11H2,1-2H3/t14-,17+/m1/s1. The highest BCUT2D eigenvalue weighted by Crippen LogP contribution is 2.30. The molecule has 1 aliphatic heterocycles. The van der Waals surface area contributed by atoms with Crippen molar-refractivity contribution in [3.05, 3.63) is 58.7 Å². The van der Waals surface area contributed by atoms with E-state index < -0.39 is 0 Å². The van der Waals surface area contributed by atoms with Crippen molar-refractivity contribution >= 4 is 17.2 Å². The summed E-state index contributed by atoms with van der Waals surface area (Å²) in [5.41, 5.74) is 3.12. The topological polar surface area (TPSA) is 51.1 Å². The molecule has 1 fully saturated rings. The zero-order chi connectivity index (χ0) is 17.2. The van der Waals surface area contributed by atoms with Crippen molar-refractivity contribution in [2.75, 3.05) is 18.0 Å². The Bertz CT molecular complexity index is 838. The van der Waals surface area contributed by atoms with Gasteiger partial charge in [-0.15, -0.1) is 0 Å². The van der Waals surface area contributed by atoms with Gasteiger partial charge in [-0.1, -0.05) is 0 Å². The van der Waals surface area contributed by atoms with Gasteiger partial charge in [0, 0.05) is 42.8 Å². The van der Waals surface area contributed by atoms with Crippen LogP contribution in [0.2, 0.25) is 0 Å². The third-order valence-corrected chi connectivity index (χ3v) is 4.96. The molecule has 0 bridgehead atoms. The molecule has 0 aromatic carbocycles. The van der Waals surface area contributed by atoms with E-state index in [4.69, 9.17) is 9.72 Å². The largest absolute Gasteiger partial charge is 0.367 e. The molecule has 6 heteroatoms. The summed E-state index contributed by atoms with van der Waals surface area (Å²) < 4.78 is 6.14.